The first kappa shape index (κ1) is 13.3. The van der Waals surface area contributed by atoms with Crippen LogP contribution in [0.25, 0.3) is 0 Å². The number of nitro groups is 1. The van der Waals surface area contributed by atoms with Crippen LogP contribution < -0.4 is 15.8 Å². The normalized spacial score (nSPS) is 18.8. The summed E-state index contributed by atoms with van der Waals surface area (Å²) >= 11 is 0. The Hall–Kier alpha value is -2.15. The number of ether oxygens (including phenoxy) is 1. The fraction of sp³-hybridized carbons (Fsp3) is 0.417. The van der Waals surface area contributed by atoms with Crippen molar-refractivity contribution in [1.29, 1.82) is 0 Å². The number of primary amides is 1. The molecule has 1 aliphatic heterocycles. The quantitative estimate of drug-likeness (QED) is 0.619. The largest absolute Gasteiger partial charge is 0.488 e. The van der Waals surface area contributed by atoms with Gasteiger partial charge in [-0.3, -0.25) is 14.9 Å². The molecular formula is C12H15N3O4. The van der Waals surface area contributed by atoms with Crippen LogP contribution in [0.3, 0.4) is 0 Å². The van der Waals surface area contributed by atoms with Gasteiger partial charge in [-0.05, 0) is 25.5 Å². The zero-order chi connectivity index (χ0) is 13.8. The van der Waals surface area contributed by atoms with Gasteiger partial charge in [-0.15, -0.1) is 0 Å². The molecular weight excluding hydrogens is 250 g/mol. The number of nitrogens with one attached hydrogen (secondary N) is 1. The standard InChI is InChI=1S/C12H15N3O4/c13-12(16)10-6-8(15(17)18)3-4-11(10)19-9-2-1-5-14-7-9/h3-4,6,9,14H,1-2,5,7H2,(H2,13,16)/t9-/m0/s1. The Morgan fingerprint density at radius 3 is 2.89 bits per heavy atom. The molecule has 0 aromatic heterocycles. The van der Waals surface area contributed by atoms with Crippen LogP contribution in [0.4, 0.5) is 5.69 Å². The van der Waals surface area contributed by atoms with Gasteiger partial charge in [-0.25, -0.2) is 0 Å². The van der Waals surface area contributed by atoms with Gasteiger partial charge in [0.05, 0.1) is 10.5 Å². The van der Waals surface area contributed by atoms with Gasteiger partial charge >= 0.3 is 0 Å². The molecule has 0 aliphatic carbocycles. The van der Waals surface area contributed by atoms with Crippen molar-refractivity contribution in [2.45, 2.75) is 18.9 Å². The number of benzene rings is 1. The number of rotatable bonds is 4. The summed E-state index contributed by atoms with van der Waals surface area (Å²) in [6.45, 7) is 1.64. The van der Waals surface area contributed by atoms with Gasteiger partial charge in [0.1, 0.15) is 11.9 Å². The molecule has 19 heavy (non-hydrogen) atoms. The molecule has 102 valence electrons. The summed E-state index contributed by atoms with van der Waals surface area (Å²) in [5, 5.41) is 13.9. The molecule has 2 rings (SSSR count). The first-order valence-electron chi connectivity index (χ1n) is 6.03. The van der Waals surface area contributed by atoms with Crippen LogP contribution in [-0.2, 0) is 0 Å². The van der Waals surface area contributed by atoms with E-state index in [1.807, 2.05) is 0 Å². The van der Waals surface area contributed by atoms with E-state index in [1.165, 1.54) is 12.1 Å². The van der Waals surface area contributed by atoms with E-state index in [9.17, 15) is 14.9 Å². The Kier molecular flexibility index (Phi) is 3.96. The highest BCUT2D eigenvalue weighted by atomic mass is 16.6. The Bertz CT molecular complexity index is 498. The number of hydrogen-bond acceptors (Lipinski definition) is 5. The lowest BCUT2D eigenvalue weighted by atomic mass is 10.1. The Morgan fingerprint density at radius 2 is 2.32 bits per heavy atom. The monoisotopic (exact) mass is 265 g/mol. The van der Waals surface area contributed by atoms with Crippen LogP contribution in [0.1, 0.15) is 23.2 Å². The zero-order valence-electron chi connectivity index (χ0n) is 10.3. The molecule has 0 spiro atoms. The first-order valence-corrected chi connectivity index (χ1v) is 6.03. The number of nitrogens with zero attached hydrogens (tertiary/aromatic N) is 1. The maximum absolute atomic E-state index is 11.3. The molecule has 1 atom stereocenters. The molecule has 1 aromatic carbocycles. The number of piperidine rings is 1. The van der Waals surface area contributed by atoms with E-state index in [0.717, 1.165) is 25.5 Å². The minimum absolute atomic E-state index is 0.0415. The summed E-state index contributed by atoms with van der Waals surface area (Å²) in [4.78, 5) is 21.5. The lowest BCUT2D eigenvalue weighted by molar-refractivity contribution is -0.384. The molecule has 1 fully saturated rings. The van der Waals surface area contributed by atoms with Gasteiger partial charge in [-0.1, -0.05) is 0 Å². The van der Waals surface area contributed by atoms with E-state index >= 15 is 0 Å². The van der Waals surface area contributed by atoms with Crippen LogP contribution >= 0.6 is 0 Å². The summed E-state index contributed by atoms with van der Waals surface area (Å²) < 4.78 is 5.70. The second kappa shape index (κ2) is 5.66. The molecule has 0 saturated carbocycles. The second-order valence-electron chi connectivity index (χ2n) is 4.39. The molecule has 1 aromatic rings. The van der Waals surface area contributed by atoms with E-state index in [2.05, 4.69) is 5.32 Å². The van der Waals surface area contributed by atoms with Crippen molar-refractivity contribution in [3.63, 3.8) is 0 Å². The number of carbonyl (C=O) groups excluding carboxylic acids is 1. The zero-order valence-corrected chi connectivity index (χ0v) is 10.3. The van der Waals surface area contributed by atoms with E-state index in [4.69, 9.17) is 10.5 Å². The van der Waals surface area contributed by atoms with Gasteiger partial charge in [0.2, 0.25) is 0 Å². The summed E-state index contributed by atoms with van der Waals surface area (Å²) in [7, 11) is 0. The molecule has 0 unspecified atom stereocenters. The SMILES string of the molecule is NC(=O)c1cc([N+](=O)[O-])ccc1O[C@H]1CCCNC1. The topological polar surface area (TPSA) is 107 Å². The third-order valence-electron chi connectivity index (χ3n) is 2.98. The van der Waals surface area contributed by atoms with Crippen molar-refractivity contribution >= 4 is 11.6 Å². The van der Waals surface area contributed by atoms with Gasteiger partial charge < -0.3 is 15.8 Å². The van der Waals surface area contributed by atoms with E-state index in [0.29, 0.717) is 12.3 Å². The second-order valence-corrected chi connectivity index (χ2v) is 4.39. The van der Waals surface area contributed by atoms with Crippen molar-refractivity contribution in [1.82, 2.24) is 5.32 Å². The molecule has 1 saturated heterocycles. The minimum Gasteiger partial charge on any atom is -0.488 e. The third kappa shape index (κ3) is 3.19. The van der Waals surface area contributed by atoms with Gasteiger partial charge in [0.15, 0.2) is 0 Å². The van der Waals surface area contributed by atoms with Gasteiger partial charge in [0, 0.05) is 18.7 Å². The summed E-state index contributed by atoms with van der Waals surface area (Å²) in [5.74, 6) is -0.436. The molecule has 0 radical (unpaired) electrons. The number of non-ortho nitro benzene ring substituents is 1. The molecule has 3 N–H and O–H groups in total. The highest BCUT2D eigenvalue weighted by molar-refractivity contribution is 5.96. The molecule has 7 heteroatoms. The number of nitro benzene ring substituents is 1. The van der Waals surface area contributed by atoms with Crippen molar-refractivity contribution in [2.24, 2.45) is 5.73 Å². The predicted octanol–water partition coefficient (Wildman–Crippen LogP) is 0.824. The van der Waals surface area contributed by atoms with E-state index in [-0.39, 0.29) is 17.4 Å². The average Bonchev–Trinajstić information content (AvgIpc) is 2.39. The van der Waals surface area contributed by atoms with E-state index in [1.54, 1.807) is 0 Å². The van der Waals surface area contributed by atoms with Crippen molar-refractivity contribution in [3.8, 4) is 5.75 Å². The number of nitrogens with two attached hydrogens (primary N) is 1. The van der Waals surface area contributed by atoms with Gasteiger partial charge in [0.25, 0.3) is 11.6 Å². The smallest absolute Gasteiger partial charge is 0.270 e. The Labute approximate surface area is 109 Å². The van der Waals surface area contributed by atoms with Crippen molar-refractivity contribution < 1.29 is 14.5 Å². The Morgan fingerprint density at radius 1 is 1.53 bits per heavy atom. The fourth-order valence-electron chi connectivity index (χ4n) is 2.03. The number of amides is 1. The number of hydrogen-bond donors (Lipinski definition) is 2. The van der Waals surface area contributed by atoms with Crippen LogP contribution in [0.15, 0.2) is 18.2 Å². The van der Waals surface area contributed by atoms with Crippen molar-refractivity contribution in [3.05, 3.63) is 33.9 Å². The van der Waals surface area contributed by atoms with Crippen LogP contribution in [0.2, 0.25) is 0 Å². The molecule has 1 amide bonds. The Balaban J connectivity index is 2.23. The van der Waals surface area contributed by atoms with Gasteiger partial charge in [-0.2, -0.15) is 0 Å². The predicted molar refractivity (Wildman–Crippen MR) is 68.1 cm³/mol. The minimum atomic E-state index is -0.734. The third-order valence-corrected chi connectivity index (χ3v) is 2.98. The van der Waals surface area contributed by atoms with Crippen LogP contribution in [0.5, 0.6) is 5.75 Å². The summed E-state index contributed by atoms with van der Waals surface area (Å²) in [6.07, 6.45) is 1.82. The van der Waals surface area contributed by atoms with Crippen LogP contribution in [-0.4, -0.2) is 30.0 Å². The summed E-state index contributed by atoms with van der Waals surface area (Å²) in [6, 6.07) is 3.87. The highest BCUT2D eigenvalue weighted by Gasteiger charge is 2.20. The maximum atomic E-state index is 11.3. The maximum Gasteiger partial charge on any atom is 0.270 e. The number of carbonyl (C=O) groups is 1. The summed E-state index contributed by atoms with van der Waals surface area (Å²) in [5.41, 5.74) is 5.10. The molecule has 7 nitrogen and oxygen atoms in total. The van der Waals surface area contributed by atoms with E-state index < -0.39 is 10.8 Å². The highest BCUT2D eigenvalue weighted by Crippen LogP contribution is 2.25. The van der Waals surface area contributed by atoms with Crippen LogP contribution in [0, 0.1) is 10.1 Å². The lowest BCUT2D eigenvalue weighted by Gasteiger charge is -2.24. The molecule has 1 heterocycles. The average molecular weight is 265 g/mol. The fourth-order valence-corrected chi connectivity index (χ4v) is 2.03. The first-order chi connectivity index (χ1) is 9.08. The lowest BCUT2D eigenvalue weighted by Crippen LogP contribution is -2.37. The van der Waals surface area contributed by atoms with Crippen molar-refractivity contribution in [2.75, 3.05) is 13.1 Å². The molecule has 0 bridgehead atoms. The molecule has 1 aliphatic rings.